The van der Waals surface area contributed by atoms with Crippen LogP contribution in [0.2, 0.25) is 0 Å². The van der Waals surface area contributed by atoms with Gasteiger partial charge in [-0.2, -0.15) is 0 Å². The Morgan fingerprint density at radius 1 is 1.27 bits per heavy atom. The minimum Gasteiger partial charge on any atom is -0.368 e. The fraction of sp³-hybridized carbons (Fsp3) is 0.364. The van der Waals surface area contributed by atoms with Gasteiger partial charge in [0.25, 0.3) is 0 Å². The number of Topliss-reactive ketones (excluding diaryl/α,β-unsaturated/α-hetero) is 1. The normalized spacial score (nSPS) is 16.9. The van der Waals surface area contributed by atoms with Crippen LogP contribution in [0.3, 0.4) is 0 Å². The number of carbonyl (C=O) groups is 1. The molecular weight excluding hydrogens is 261 g/mol. The van der Waals surface area contributed by atoms with Gasteiger partial charge in [0.15, 0.2) is 0 Å². The van der Waals surface area contributed by atoms with Crippen LogP contribution >= 0.6 is 15.9 Å². The SMILES string of the molecule is O=C1CCN(c2ccc(Br)cc2F)CC1. The zero-order valence-corrected chi connectivity index (χ0v) is 9.76. The highest BCUT2D eigenvalue weighted by atomic mass is 79.9. The molecule has 0 aromatic heterocycles. The number of piperidine rings is 1. The molecule has 1 heterocycles. The molecule has 0 aliphatic carbocycles. The summed E-state index contributed by atoms with van der Waals surface area (Å²) >= 11 is 3.22. The van der Waals surface area contributed by atoms with Gasteiger partial charge in [-0.15, -0.1) is 0 Å². The number of ketones is 1. The molecule has 0 atom stereocenters. The van der Waals surface area contributed by atoms with Crippen molar-refractivity contribution in [2.75, 3.05) is 18.0 Å². The Bertz CT molecular complexity index is 384. The molecule has 1 fully saturated rings. The molecule has 2 rings (SSSR count). The third kappa shape index (κ3) is 2.37. The Kier molecular flexibility index (Phi) is 3.05. The first-order chi connectivity index (χ1) is 7.16. The summed E-state index contributed by atoms with van der Waals surface area (Å²) < 4.78 is 14.3. The molecule has 1 aromatic carbocycles. The maximum atomic E-state index is 13.6. The van der Waals surface area contributed by atoms with Crippen LogP contribution in [0, 0.1) is 5.82 Å². The Balaban J connectivity index is 2.19. The molecule has 1 aromatic rings. The number of halogens is 2. The van der Waals surface area contributed by atoms with Crippen molar-refractivity contribution in [3.8, 4) is 0 Å². The fourth-order valence-corrected chi connectivity index (χ4v) is 2.07. The van der Waals surface area contributed by atoms with Crippen LogP contribution in [0.1, 0.15) is 12.8 Å². The monoisotopic (exact) mass is 271 g/mol. The largest absolute Gasteiger partial charge is 0.368 e. The maximum Gasteiger partial charge on any atom is 0.147 e. The van der Waals surface area contributed by atoms with Crippen molar-refractivity contribution >= 4 is 27.4 Å². The van der Waals surface area contributed by atoms with Crippen LogP contribution in [-0.2, 0) is 4.79 Å². The predicted molar refractivity (Wildman–Crippen MR) is 60.6 cm³/mol. The molecule has 1 aliphatic heterocycles. The zero-order valence-electron chi connectivity index (χ0n) is 8.17. The van der Waals surface area contributed by atoms with Gasteiger partial charge in [-0.3, -0.25) is 4.79 Å². The molecule has 0 radical (unpaired) electrons. The van der Waals surface area contributed by atoms with Gasteiger partial charge in [0.2, 0.25) is 0 Å². The number of benzene rings is 1. The van der Waals surface area contributed by atoms with Crippen LogP contribution < -0.4 is 4.90 Å². The molecule has 1 aliphatic rings. The van der Waals surface area contributed by atoms with Crippen molar-refractivity contribution in [1.82, 2.24) is 0 Å². The smallest absolute Gasteiger partial charge is 0.147 e. The van der Waals surface area contributed by atoms with Crippen molar-refractivity contribution in [3.63, 3.8) is 0 Å². The van der Waals surface area contributed by atoms with Crippen molar-refractivity contribution in [2.24, 2.45) is 0 Å². The number of hydrogen-bond donors (Lipinski definition) is 0. The molecule has 1 saturated heterocycles. The van der Waals surface area contributed by atoms with E-state index in [0.29, 0.717) is 31.6 Å². The second kappa shape index (κ2) is 4.31. The summed E-state index contributed by atoms with van der Waals surface area (Å²) in [6.45, 7) is 1.24. The molecule has 4 heteroatoms. The zero-order chi connectivity index (χ0) is 10.8. The van der Waals surface area contributed by atoms with Crippen LogP contribution in [-0.4, -0.2) is 18.9 Å². The minimum atomic E-state index is -0.237. The van der Waals surface area contributed by atoms with Crippen molar-refractivity contribution in [2.45, 2.75) is 12.8 Å². The van der Waals surface area contributed by atoms with E-state index in [1.54, 1.807) is 6.07 Å². The maximum absolute atomic E-state index is 13.6. The van der Waals surface area contributed by atoms with Gasteiger partial charge in [-0.1, -0.05) is 15.9 Å². The number of nitrogens with zero attached hydrogens (tertiary/aromatic N) is 1. The lowest BCUT2D eigenvalue weighted by molar-refractivity contribution is -0.119. The number of anilines is 1. The standard InChI is InChI=1S/C11H11BrFNO/c12-8-1-2-11(10(13)7-8)14-5-3-9(15)4-6-14/h1-2,7H,3-6H2. The molecule has 15 heavy (non-hydrogen) atoms. The van der Waals surface area contributed by atoms with Crippen molar-refractivity contribution in [1.29, 1.82) is 0 Å². The van der Waals surface area contributed by atoms with Crippen LogP contribution in [0.25, 0.3) is 0 Å². The van der Waals surface area contributed by atoms with Gasteiger partial charge < -0.3 is 4.90 Å². The van der Waals surface area contributed by atoms with Crippen LogP contribution in [0.5, 0.6) is 0 Å². The van der Waals surface area contributed by atoms with E-state index >= 15 is 0 Å². The third-order valence-electron chi connectivity index (χ3n) is 2.57. The quantitative estimate of drug-likeness (QED) is 0.783. The molecule has 80 valence electrons. The molecule has 0 spiro atoms. The summed E-state index contributed by atoms with van der Waals surface area (Å²) in [6.07, 6.45) is 1.05. The fourth-order valence-electron chi connectivity index (χ4n) is 1.73. The summed E-state index contributed by atoms with van der Waals surface area (Å²) in [6, 6.07) is 5.01. The molecular formula is C11H11BrFNO. The third-order valence-corrected chi connectivity index (χ3v) is 3.06. The van der Waals surface area contributed by atoms with Crippen LogP contribution in [0.15, 0.2) is 22.7 Å². The van der Waals surface area contributed by atoms with E-state index < -0.39 is 0 Å². The summed E-state index contributed by atoms with van der Waals surface area (Å²) in [7, 11) is 0. The van der Waals surface area contributed by atoms with Gasteiger partial charge >= 0.3 is 0 Å². The molecule has 0 saturated carbocycles. The molecule has 0 amide bonds. The van der Waals surface area contributed by atoms with Gasteiger partial charge in [0.05, 0.1) is 5.69 Å². The lowest BCUT2D eigenvalue weighted by Crippen LogP contribution is -2.34. The topological polar surface area (TPSA) is 20.3 Å². The average Bonchev–Trinajstić information content (AvgIpc) is 2.20. The van der Waals surface area contributed by atoms with E-state index in [0.717, 1.165) is 4.47 Å². The predicted octanol–water partition coefficient (Wildman–Crippen LogP) is 2.76. The van der Waals surface area contributed by atoms with E-state index in [1.807, 2.05) is 11.0 Å². The van der Waals surface area contributed by atoms with Gasteiger partial charge in [-0.05, 0) is 18.2 Å². The van der Waals surface area contributed by atoms with E-state index in [4.69, 9.17) is 0 Å². The minimum absolute atomic E-state index is 0.237. The summed E-state index contributed by atoms with van der Waals surface area (Å²) in [4.78, 5) is 13.0. The van der Waals surface area contributed by atoms with Gasteiger partial charge in [0.1, 0.15) is 11.6 Å². The second-order valence-corrected chi connectivity index (χ2v) is 4.54. The van der Waals surface area contributed by atoms with E-state index in [2.05, 4.69) is 15.9 Å². The molecule has 0 N–H and O–H groups in total. The number of carbonyl (C=O) groups excluding carboxylic acids is 1. The van der Waals surface area contributed by atoms with Gasteiger partial charge in [-0.25, -0.2) is 4.39 Å². The first-order valence-electron chi connectivity index (χ1n) is 4.88. The number of hydrogen-bond acceptors (Lipinski definition) is 2. The second-order valence-electron chi connectivity index (χ2n) is 3.62. The van der Waals surface area contributed by atoms with Gasteiger partial charge in [0, 0.05) is 30.4 Å². The lowest BCUT2D eigenvalue weighted by Gasteiger charge is -2.28. The van der Waals surface area contributed by atoms with E-state index in [1.165, 1.54) is 6.07 Å². The highest BCUT2D eigenvalue weighted by Crippen LogP contribution is 2.25. The highest BCUT2D eigenvalue weighted by molar-refractivity contribution is 9.10. The Morgan fingerprint density at radius 2 is 1.93 bits per heavy atom. The summed E-state index contributed by atoms with van der Waals surface area (Å²) in [5.74, 6) is 0.0301. The Hall–Kier alpha value is -0.900. The average molecular weight is 272 g/mol. The number of rotatable bonds is 1. The highest BCUT2D eigenvalue weighted by Gasteiger charge is 2.18. The van der Waals surface area contributed by atoms with Crippen molar-refractivity contribution in [3.05, 3.63) is 28.5 Å². The molecule has 0 unspecified atom stereocenters. The first-order valence-corrected chi connectivity index (χ1v) is 5.68. The lowest BCUT2D eigenvalue weighted by atomic mass is 10.1. The first kappa shape index (κ1) is 10.6. The molecule has 2 nitrogen and oxygen atoms in total. The Morgan fingerprint density at radius 3 is 2.53 bits per heavy atom. The van der Waals surface area contributed by atoms with Crippen molar-refractivity contribution < 1.29 is 9.18 Å². The van der Waals surface area contributed by atoms with E-state index in [9.17, 15) is 9.18 Å². The van der Waals surface area contributed by atoms with Crippen LogP contribution in [0.4, 0.5) is 10.1 Å². The Labute approximate surface area is 96.2 Å². The summed E-state index contributed by atoms with van der Waals surface area (Å²) in [5.41, 5.74) is 0.589. The molecule has 0 bridgehead atoms. The summed E-state index contributed by atoms with van der Waals surface area (Å²) in [5, 5.41) is 0. The van der Waals surface area contributed by atoms with E-state index in [-0.39, 0.29) is 11.6 Å².